The number of hydrogen-bond acceptors (Lipinski definition) is 4. The Balaban J connectivity index is 1.35. The Kier molecular flexibility index (Phi) is 5.63. The summed E-state index contributed by atoms with van der Waals surface area (Å²) in [4.78, 5) is 28.9. The van der Waals surface area contributed by atoms with Crippen molar-refractivity contribution in [3.05, 3.63) is 84.4 Å². The molecule has 6 heteroatoms. The zero-order valence-electron chi connectivity index (χ0n) is 15.6. The minimum Gasteiger partial charge on any atom is -0.352 e. The predicted molar refractivity (Wildman–Crippen MR) is 117 cm³/mol. The molecule has 0 spiro atoms. The normalized spacial score (nSPS) is 10.6. The number of rotatable bonds is 6. The SMILES string of the molecule is O=C(CCNC(=O)c1ccccc1)Nc1cccc(-c2nc3ccccc3s2)c1. The highest BCUT2D eigenvalue weighted by molar-refractivity contribution is 7.21. The second-order valence-corrected chi connectivity index (χ2v) is 7.52. The zero-order valence-corrected chi connectivity index (χ0v) is 16.4. The van der Waals surface area contributed by atoms with Crippen LogP contribution in [0.2, 0.25) is 0 Å². The Morgan fingerprint density at radius 2 is 1.69 bits per heavy atom. The van der Waals surface area contributed by atoms with Crippen LogP contribution < -0.4 is 10.6 Å². The highest BCUT2D eigenvalue weighted by Gasteiger charge is 2.09. The monoisotopic (exact) mass is 401 g/mol. The highest BCUT2D eigenvalue weighted by Crippen LogP contribution is 2.31. The summed E-state index contributed by atoms with van der Waals surface area (Å²) in [6.45, 7) is 0.275. The number of carbonyl (C=O) groups excluding carboxylic acids is 2. The first-order valence-corrected chi connectivity index (χ1v) is 10.1. The number of nitrogens with one attached hydrogen (secondary N) is 2. The van der Waals surface area contributed by atoms with Crippen LogP contribution in [0.5, 0.6) is 0 Å². The number of benzene rings is 3. The van der Waals surface area contributed by atoms with E-state index < -0.39 is 0 Å². The van der Waals surface area contributed by atoms with Crippen molar-refractivity contribution in [2.75, 3.05) is 11.9 Å². The Morgan fingerprint density at radius 1 is 0.897 bits per heavy atom. The van der Waals surface area contributed by atoms with Gasteiger partial charge in [0.05, 0.1) is 10.2 Å². The van der Waals surface area contributed by atoms with Gasteiger partial charge in [0.1, 0.15) is 5.01 Å². The number of thiazole rings is 1. The lowest BCUT2D eigenvalue weighted by molar-refractivity contribution is -0.116. The Morgan fingerprint density at radius 3 is 2.52 bits per heavy atom. The van der Waals surface area contributed by atoms with E-state index >= 15 is 0 Å². The third-order valence-corrected chi connectivity index (χ3v) is 5.45. The molecule has 0 unspecified atom stereocenters. The van der Waals surface area contributed by atoms with E-state index in [0.717, 1.165) is 20.8 Å². The molecule has 0 atom stereocenters. The summed E-state index contributed by atoms with van der Waals surface area (Å²) in [5, 5.41) is 6.56. The van der Waals surface area contributed by atoms with E-state index in [0.29, 0.717) is 11.3 Å². The first kappa shape index (κ1) is 18.8. The lowest BCUT2D eigenvalue weighted by Gasteiger charge is -2.08. The molecule has 144 valence electrons. The van der Waals surface area contributed by atoms with Crippen molar-refractivity contribution < 1.29 is 9.59 Å². The molecule has 0 aliphatic rings. The third-order valence-electron chi connectivity index (χ3n) is 4.36. The molecule has 3 aromatic carbocycles. The van der Waals surface area contributed by atoms with Crippen molar-refractivity contribution in [1.82, 2.24) is 10.3 Å². The average Bonchev–Trinajstić information content (AvgIpc) is 3.19. The van der Waals surface area contributed by atoms with E-state index in [1.165, 1.54) is 0 Å². The first-order chi connectivity index (χ1) is 14.2. The molecule has 4 rings (SSSR count). The maximum absolute atomic E-state index is 12.2. The van der Waals surface area contributed by atoms with Gasteiger partial charge in [0.15, 0.2) is 0 Å². The van der Waals surface area contributed by atoms with Gasteiger partial charge in [-0.15, -0.1) is 11.3 Å². The summed E-state index contributed by atoms with van der Waals surface area (Å²) in [5.74, 6) is -0.337. The van der Waals surface area contributed by atoms with Gasteiger partial charge in [-0.05, 0) is 36.4 Å². The van der Waals surface area contributed by atoms with Gasteiger partial charge in [-0.2, -0.15) is 0 Å². The van der Waals surface area contributed by atoms with Gasteiger partial charge in [-0.25, -0.2) is 4.98 Å². The molecular weight excluding hydrogens is 382 g/mol. The van der Waals surface area contributed by atoms with Gasteiger partial charge in [-0.1, -0.05) is 42.5 Å². The van der Waals surface area contributed by atoms with E-state index in [-0.39, 0.29) is 24.8 Å². The summed E-state index contributed by atoms with van der Waals surface area (Å²) < 4.78 is 1.13. The van der Waals surface area contributed by atoms with Gasteiger partial charge in [-0.3, -0.25) is 9.59 Å². The van der Waals surface area contributed by atoms with Crippen LogP contribution in [0, 0.1) is 0 Å². The zero-order chi connectivity index (χ0) is 20.1. The summed E-state index contributed by atoms with van der Waals surface area (Å²) >= 11 is 1.62. The Hall–Kier alpha value is -3.51. The summed E-state index contributed by atoms with van der Waals surface area (Å²) in [5.41, 5.74) is 3.22. The lowest BCUT2D eigenvalue weighted by Crippen LogP contribution is -2.27. The fraction of sp³-hybridized carbons (Fsp3) is 0.0870. The van der Waals surface area contributed by atoms with Gasteiger partial charge >= 0.3 is 0 Å². The minimum absolute atomic E-state index is 0.153. The van der Waals surface area contributed by atoms with Crippen LogP contribution in [-0.2, 0) is 4.79 Å². The lowest BCUT2D eigenvalue weighted by atomic mass is 10.2. The molecule has 4 aromatic rings. The molecule has 1 aromatic heterocycles. The molecule has 0 bridgehead atoms. The molecule has 2 amide bonds. The van der Waals surface area contributed by atoms with Crippen molar-refractivity contribution in [2.24, 2.45) is 0 Å². The van der Waals surface area contributed by atoms with E-state index in [1.54, 1.807) is 35.6 Å². The second-order valence-electron chi connectivity index (χ2n) is 6.49. The Bertz CT molecular complexity index is 1120. The maximum atomic E-state index is 12.2. The molecule has 0 saturated carbocycles. The molecule has 5 nitrogen and oxygen atoms in total. The molecule has 29 heavy (non-hydrogen) atoms. The van der Waals surface area contributed by atoms with Crippen molar-refractivity contribution in [1.29, 1.82) is 0 Å². The highest BCUT2D eigenvalue weighted by atomic mass is 32.1. The number of carbonyl (C=O) groups is 2. The van der Waals surface area contributed by atoms with Crippen LogP contribution in [-0.4, -0.2) is 23.3 Å². The quantitative estimate of drug-likeness (QED) is 0.491. The molecule has 0 saturated heterocycles. The van der Waals surface area contributed by atoms with Crippen molar-refractivity contribution in [3.63, 3.8) is 0 Å². The Labute approximate surface area is 172 Å². The molecule has 0 radical (unpaired) electrons. The van der Waals surface area contributed by atoms with Crippen LogP contribution in [0.15, 0.2) is 78.9 Å². The topological polar surface area (TPSA) is 71.1 Å². The van der Waals surface area contributed by atoms with Gasteiger partial charge < -0.3 is 10.6 Å². The molecule has 2 N–H and O–H groups in total. The number of amides is 2. The van der Waals surface area contributed by atoms with Crippen molar-refractivity contribution >= 4 is 39.1 Å². The largest absolute Gasteiger partial charge is 0.352 e. The molecule has 0 aliphatic heterocycles. The van der Waals surface area contributed by atoms with E-state index in [4.69, 9.17) is 0 Å². The number of aromatic nitrogens is 1. The summed E-state index contributed by atoms with van der Waals surface area (Å²) in [6, 6.07) is 24.6. The van der Waals surface area contributed by atoms with Crippen molar-refractivity contribution in [3.8, 4) is 10.6 Å². The fourth-order valence-electron chi connectivity index (χ4n) is 2.93. The molecule has 0 aliphatic carbocycles. The fourth-order valence-corrected chi connectivity index (χ4v) is 3.89. The number of anilines is 1. The number of nitrogens with zero attached hydrogens (tertiary/aromatic N) is 1. The minimum atomic E-state index is -0.184. The third kappa shape index (κ3) is 4.67. The van der Waals surface area contributed by atoms with Gasteiger partial charge in [0.25, 0.3) is 5.91 Å². The predicted octanol–water partition coefficient (Wildman–Crippen LogP) is 4.72. The number of fused-ring (bicyclic) bond motifs is 1. The van der Waals surface area contributed by atoms with Crippen LogP contribution in [0.4, 0.5) is 5.69 Å². The van der Waals surface area contributed by atoms with E-state index in [2.05, 4.69) is 15.6 Å². The van der Waals surface area contributed by atoms with Gasteiger partial charge in [0, 0.05) is 29.8 Å². The second kappa shape index (κ2) is 8.67. The number of para-hydroxylation sites is 1. The van der Waals surface area contributed by atoms with E-state index in [1.807, 2.05) is 54.6 Å². The molecule has 0 fully saturated rings. The average molecular weight is 401 g/mol. The molecular formula is C23H19N3O2S. The first-order valence-electron chi connectivity index (χ1n) is 9.28. The van der Waals surface area contributed by atoms with Crippen LogP contribution >= 0.6 is 11.3 Å². The van der Waals surface area contributed by atoms with Crippen LogP contribution in [0.1, 0.15) is 16.8 Å². The van der Waals surface area contributed by atoms with Crippen LogP contribution in [0.3, 0.4) is 0 Å². The standard InChI is InChI=1S/C23H19N3O2S/c27-21(13-14-24-22(28)16-7-2-1-3-8-16)25-18-10-6-9-17(15-18)23-26-19-11-4-5-12-20(19)29-23/h1-12,15H,13-14H2,(H,24,28)(H,25,27). The van der Waals surface area contributed by atoms with E-state index in [9.17, 15) is 9.59 Å². The smallest absolute Gasteiger partial charge is 0.251 e. The van der Waals surface area contributed by atoms with Crippen LogP contribution in [0.25, 0.3) is 20.8 Å². The molecule has 1 heterocycles. The number of hydrogen-bond donors (Lipinski definition) is 2. The summed E-state index contributed by atoms with van der Waals surface area (Å²) in [6.07, 6.45) is 0.198. The van der Waals surface area contributed by atoms with Crippen molar-refractivity contribution in [2.45, 2.75) is 6.42 Å². The summed E-state index contributed by atoms with van der Waals surface area (Å²) in [7, 11) is 0. The maximum Gasteiger partial charge on any atom is 0.251 e. The van der Waals surface area contributed by atoms with Gasteiger partial charge in [0.2, 0.25) is 5.91 Å².